The minimum Gasteiger partial charge on any atom is -0.488 e. The van der Waals surface area contributed by atoms with E-state index in [-0.39, 0.29) is 0 Å². The molecule has 4 aromatic rings. The van der Waals surface area contributed by atoms with Gasteiger partial charge in [-0.1, -0.05) is 74.3 Å². The fourth-order valence-electron chi connectivity index (χ4n) is 2.76. The number of hydrazone groups is 1. The predicted molar refractivity (Wildman–Crippen MR) is 131 cm³/mol. The first kappa shape index (κ1) is 20.8. The van der Waals surface area contributed by atoms with E-state index in [1.165, 1.54) is 11.3 Å². The summed E-state index contributed by atoms with van der Waals surface area (Å²) in [6, 6.07) is 24.0. The molecule has 4 nitrogen and oxygen atoms in total. The number of ether oxygens (including phenoxy) is 1. The van der Waals surface area contributed by atoms with E-state index in [4.69, 9.17) is 4.74 Å². The molecule has 0 aliphatic rings. The van der Waals surface area contributed by atoms with E-state index in [0.29, 0.717) is 6.61 Å². The maximum atomic E-state index is 6.02. The molecule has 1 N–H and O–H groups in total. The molecule has 1 aromatic heterocycles. The third-order valence-corrected chi connectivity index (χ3v) is 5.93. The smallest absolute Gasteiger partial charge is 0.203 e. The largest absolute Gasteiger partial charge is 0.488 e. The van der Waals surface area contributed by atoms with Crippen molar-refractivity contribution in [2.45, 2.75) is 6.61 Å². The number of rotatable bonds is 7. The summed E-state index contributed by atoms with van der Waals surface area (Å²) >= 11 is 8.52. The quantitative estimate of drug-likeness (QED) is 0.196. The van der Waals surface area contributed by atoms with Gasteiger partial charge < -0.3 is 4.74 Å². The minimum atomic E-state index is 0.474. The van der Waals surface area contributed by atoms with Crippen LogP contribution in [0, 0.1) is 0 Å². The molecule has 150 valence electrons. The van der Waals surface area contributed by atoms with E-state index >= 15 is 0 Å². The Labute approximate surface area is 195 Å². The van der Waals surface area contributed by atoms with E-state index in [1.807, 2.05) is 78.2 Å². The Hall–Kier alpha value is -2.48. The molecule has 0 saturated carbocycles. The molecule has 0 radical (unpaired) electrons. The molecule has 0 aliphatic carbocycles. The van der Waals surface area contributed by atoms with Crippen LogP contribution in [0.2, 0.25) is 0 Å². The van der Waals surface area contributed by atoms with Crippen LogP contribution in [0.3, 0.4) is 0 Å². The van der Waals surface area contributed by atoms with Gasteiger partial charge in [0, 0.05) is 25.5 Å². The van der Waals surface area contributed by atoms with Gasteiger partial charge in [-0.3, -0.25) is 5.43 Å². The van der Waals surface area contributed by atoms with Gasteiger partial charge in [0.25, 0.3) is 0 Å². The lowest BCUT2D eigenvalue weighted by atomic mass is 10.2. The summed E-state index contributed by atoms with van der Waals surface area (Å²) in [6.45, 7) is 0.474. The molecule has 0 fully saturated rings. The monoisotopic (exact) mass is 541 g/mol. The molecule has 30 heavy (non-hydrogen) atoms. The van der Waals surface area contributed by atoms with E-state index in [0.717, 1.165) is 42.2 Å². The number of halogens is 2. The molecule has 0 aliphatic heterocycles. The average Bonchev–Trinajstić information content (AvgIpc) is 3.23. The summed E-state index contributed by atoms with van der Waals surface area (Å²) in [5.41, 5.74) is 6.98. The molecule has 0 amide bonds. The van der Waals surface area contributed by atoms with Crippen LogP contribution in [-0.4, -0.2) is 11.2 Å². The molecule has 0 saturated heterocycles. The fraction of sp³-hybridized carbons (Fsp3) is 0.0435. The van der Waals surface area contributed by atoms with Crippen molar-refractivity contribution >= 4 is 54.5 Å². The van der Waals surface area contributed by atoms with Gasteiger partial charge in [-0.2, -0.15) is 5.10 Å². The van der Waals surface area contributed by atoms with Gasteiger partial charge in [0.1, 0.15) is 12.4 Å². The van der Waals surface area contributed by atoms with Crippen LogP contribution in [0.5, 0.6) is 5.75 Å². The normalized spacial score (nSPS) is 11.0. The van der Waals surface area contributed by atoms with E-state index in [1.54, 1.807) is 6.21 Å². The Kier molecular flexibility index (Phi) is 6.94. The van der Waals surface area contributed by atoms with Crippen LogP contribution in [0.1, 0.15) is 11.1 Å². The molecular weight excluding hydrogens is 526 g/mol. The van der Waals surface area contributed by atoms with Gasteiger partial charge in [-0.25, -0.2) is 4.98 Å². The maximum Gasteiger partial charge on any atom is 0.203 e. The van der Waals surface area contributed by atoms with Crippen LogP contribution in [-0.2, 0) is 6.61 Å². The predicted octanol–water partition coefficient (Wildman–Crippen LogP) is 7.36. The zero-order chi connectivity index (χ0) is 20.8. The Morgan fingerprint density at radius 2 is 1.80 bits per heavy atom. The number of thiazole rings is 1. The summed E-state index contributed by atoms with van der Waals surface area (Å²) < 4.78 is 8.01. The number of hydrogen-bond donors (Lipinski definition) is 1. The van der Waals surface area contributed by atoms with Gasteiger partial charge in [-0.15, -0.1) is 11.3 Å². The van der Waals surface area contributed by atoms with Crippen molar-refractivity contribution in [3.8, 4) is 17.0 Å². The Morgan fingerprint density at radius 1 is 0.967 bits per heavy atom. The van der Waals surface area contributed by atoms with Crippen molar-refractivity contribution in [3.63, 3.8) is 0 Å². The second-order valence-electron chi connectivity index (χ2n) is 6.37. The van der Waals surface area contributed by atoms with Crippen LogP contribution < -0.4 is 10.2 Å². The van der Waals surface area contributed by atoms with E-state index < -0.39 is 0 Å². The molecule has 0 spiro atoms. The first-order valence-corrected chi connectivity index (χ1v) is 11.6. The van der Waals surface area contributed by atoms with Gasteiger partial charge in [0.05, 0.1) is 11.9 Å². The highest BCUT2D eigenvalue weighted by Gasteiger charge is 2.06. The van der Waals surface area contributed by atoms with Crippen LogP contribution >= 0.6 is 43.2 Å². The molecule has 0 bridgehead atoms. The third-order valence-electron chi connectivity index (χ3n) is 4.19. The number of aromatic nitrogens is 1. The number of anilines is 1. The topological polar surface area (TPSA) is 46.5 Å². The first-order chi connectivity index (χ1) is 14.7. The zero-order valence-corrected chi connectivity index (χ0v) is 19.7. The first-order valence-electron chi connectivity index (χ1n) is 9.14. The average molecular weight is 543 g/mol. The third kappa shape index (κ3) is 5.56. The van der Waals surface area contributed by atoms with Crippen LogP contribution in [0.4, 0.5) is 5.13 Å². The molecular formula is C23H17Br2N3OS. The lowest BCUT2D eigenvalue weighted by Gasteiger charge is -2.10. The molecule has 3 aromatic carbocycles. The second-order valence-corrected chi connectivity index (χ2v) is 9.06. The highest BCUT2D eigenvalue weighted by Crippen LogP contribution is 2.26. The number of hydrogen-bond acceptors (Lipinski definition) is 5. The molecule has 7 heteroatoms. The SMILES string of the molecule is Brc1cccc(COc2ccc(Br)cc2C=NNc2nc(-c3ccccc3)cs2)c1. The molecule has 4 rings (SSSR count). The van der Waals surface area contributed by atoms with Crippen molar-refractivity contribution in [1.29, 1.82) is 0 Å². The summed E-state index contributed by atoms with van der Waals surface area (Å²) in [6.07, 6.45) is 1.74. The number of nitrogens with one attached hydrogen (secondary N) is 1. The Bertz CT molecular complexity index is 1160. The second kappa shape index (κ2) is 10.0. The van der Waals surface area contributed by atoms with E-state index in [9.17, 15) is 0 Å². The zero-order valence-electron chi connectivity index (χ0n) is 15.8. The standard InChI is InChI=1S/C23H17Br2N3OS/c24-19-8-4-5-16(11-19)14-29-22-10-9-20(25)12-18(22)13-26-28-23-27-21(15-30-23)17-6-2-1-3-7-17/h1-13,15H,14H2,(H,27,28). The summed E-state index contributed by atoms with van der Waals surface area (Å²) in [5.74, 6) is 0.757. The summed E-state index contributed by atoms with van der Waals surface area (Å²) in [4.78, 5) is 4.58. The van der Waals surface area contributed by atoms with Gasteiger partial charge in [-0.05, 0) is 35.9 Å². The van der Waals surface area contributed by atoms with Gasteiger partial charge in [0.15, 0.2) is 0 Å². The van der Waals surface area contributed by atoms with Crippen molar-refractivity contribution in [2.75, 3.05) is 5.43 Å². The van der Waals surface area contributed by atoms with Gasteiger partial charge >= 0.3 is 0 Å². The summed E-state index contributed by atoms with van der Waals surface area (Å²) in [7, 11) is 0. The van der Waals surface area contributed by atoms with Crippen LogP contribution in [0.15, 0.2) is 92.2 Å². The summed E-state index contributed by atoms with van der Waals surface area (Å²) in [5, 5.41) is 7.10. The van der Waals surface area contributed by atoms with Crippen molar-refractivity contribution in [1.82, 2.24) is 4.98 Å². The highest BCUT2D eigenvalue weighted by molar-refractivity contribution is 9.10. The lowest BCUT2D eigenvalue weighted by Crippen LogP contribution is -1.99. The van der Waals surface area contributed by atoms with Gasteiger partial charge in [0.2, 0.25) is 5.13 Å². The van der Waals surface area contributed by atoms with E-state index in [2.05, 4.69) is 47.4 Å². The molecule has 0 atom stereocenters. The number of benzene rings is 3. The van der Waals surface area contributed by atoms with Crippen molar-refractivity contribution in [3.05, 3.63) is 98.2 Å². The minimum absolute atomic E-state index is 0.474. The Balaban J connectivity index is 1.44. The number of nitrogens with zero attached hydrogens (tertiary/aromatic N) is 2. The highest BCUT2D eigenvalue weighted by atomic mass is 79.9. The Morgan fingerprint density at radius 3 is 2.63 bits per heavy atom. The maximum absolute atomic E-state index is 6.02. The van der Waals surface area contributed by atoms with Crippen molar-refractivity contribution < 1.29 is 4.74 Å². The fourth-order valence-corrected chi connectivity index (χ4v) is 4.26. The molecule has 0 unspecified atom stereocenters. The molecule has 1 heterocycles. The lowest BCUT2D eigenvalue weighted by molar-refractivity contribution is 0.305. The van der Waals surface area contributed by atoms with Crippen molar-refractivity contribution in [2.24, 2.45) is 5.10 Å². The van der Waals surface area contributed by atoms with Crippen LogP contribution in [0.25, 0.3) is 11.3 Å².